The largest absolute Gasteiger partial charge is 0.350 e. The van der Waals surface area contributed by atoms with Gasteiger partial charge in [-0.05, 0) is 54.4 Å². The molecule has 1 saturated heterocycles. The molecule has 5 nitrogen and oxygen atoms in total. The Morgan fingerprint density at radius 2 is 1.67 bits per heavy atom. The lowest BCUT2D eigenvalue weighted by atomic mass is 10.0. The number of carbonyl (C=O) groups is 2. The smallest absolute Gasteiger partial charge is 0.262 e. The van der Waals surface area contributed by atoms with Crippen molar-refractivity contribution in [2.45, 2.75) is 58.7 Å². The van der Waals surface area contributed by atoms with Gasteiger partial charge in [-0.2, -0.15) is 0 Å². The fourth-order valence-electron chi connectivity index (χ4n) is 3.77. The Kier molecular flexibility index (Phi) is 8.46. The molecule has 0 spiro atoms. The van der Waals surface area contributed by atoms with Crippen molar-refractivity contribution in [1.82, 2.24) is 15.5 Å². The van der Waals surface area contributed by atoms with E-state index >= 15 is 0 Å². The monoisotopic (exact) mass is 427 g/mol. The van der Waals surface area contributed by atoms with E-state index in [0.29, 0.717) is 11.4 Å². The summed E-state index contributed by atoms with van der Waals surface area (Å²) in [6, 6.07) is 11.5. The lowest BCUT2D eigenvalue weighted by molar-refractivity contribution is -0.124. The average Bonchev–Trinajstić information content (AvgIpc) is 3.16. The van der Waals surface area contributed by atoms with Crippen molar-refractivity contribution in [1.29, 1.82) is 0 Å². The van der Waals surface area contributed by atoms with E-state index in [1.165, 1.54) is 55.7 Å². The van der Waals surface area contributed by atoms with Gasteiger partial charge in [0.15, 0.2) is 0 Å². The van der Waals surface area contributed by atoms with Gasteiger partial charge in [0, 0.05) is 13.1 Å². The summed E-state index contributed by atoms with van der Waals surface area (Å²) in [5, 5.41) is 7.70. The first kappa shape index (κ1) is 22.5. The molecule has 2 heterocycles. The minimum Gasteiger partial charge on any atom is -0.350 e. The molecule has 1 aromatic heterocycles. The second-order valence-corrected chi connectivity index (χ2v) is 9.34. The highest BCUT2D eigenvalue weighted by Gasteiger charge is 2.24. The van der Waals surface area contributed by atoms with Crippen LogP contribution in [-0.4, -0.2) is 35.8 Å². The molecule has 6 heteroatoms. The minimum absolute atomic E-state index is 0.00455. The number of nitrogens with zero attached hydrogens (tertiary/aromatic N) is 1. The van der Waals surface area contributed by atoms with Gasteiger partial charge in [0.2, 0.25) is 5.91 Å². The Labute approximate surface area is 183 Å². The molecule has 162 valence electrons. The molecule has 0 bridgehead atoms. The predicted molar refractivity (Wildman–Crippen MR) is 122 cm³/mol. The summed E-state index contributed by atoms with van der Waals surface area (Å²) in [6.07, 6.45) is 5.29. The van der Waals surface area contributed by atoms with Crippen molar-refractivity contribution < 1.29 is 9.59 Å². The van der Waals surface area contributed by atoms with Crippen LogP contribution in [-0.2, 0) is 17.9 Å². The second kappa shape index (κ2) is 11.3. The van der Waals surface area contributed by atoms with E-state index in [4.69, 9.17) is 0 Å². The van der Waals surface area contributed by atoms with Crippen LogP contribution < -0.4 is 10.6 Å². The van der Waals surface area contributed by atoms with Gasteiger partial charge in [0.1, 0.15) is 6.04 Å². The third-order valence-electron chi connectivity index (χ3n) is 5.58. The van der Waals surface area contributed by atoms with E-state index in [2.05, 4.69) is 39.8 Å². The first-order chi connectivity index (χ1) is 14.5. The van der Waals surface area contributed by atoms with E-state index < -0.39 is 6.04 Å². The maximum atomic E-state index is 12.7. The molecule has 0 radical (unpaired) electrons. The normalized spacial score (nSPS) is 16.1. The predicted octanol–water partition coefficient (Wildman–Crippen LogP) is 4.19. The SMILES string of the molecule is CC(C)C(NC(=O)c1cccs1)C(=O)NCc1ccc(CN2CCCCCC2)cc1. The Morgan fingerprint density at radius 1 is 1.00 bits per heavy atom. The number of hydrogen-bond acceptors (Lipinski definition) is 4. The molecule has 1 atom stereocenters. The Balaban J connectivity index is 1.50. The molecule has 1 fully saturated rings. The summed E-state index contributed by atoms with van der Waals surface area (Å²) >= 11 is 1.37. The topological polar surface area (TPSA) is 61.4 Å². The van der Waals surface area contributed by atoms with Crippen LogP contribution in [0.3, 0.4) is 0 Å². The molecule has 1 aliphatic rings. The molecule has 1 unspecified atom stereocenters. The van der Waals surface area contributed by atoms with Gasteiger partial charge in [0.05, 0.1) is 4.88 Å². The molecule has 2 amide bonds. The van der Waals surface area contributed by atoms with Crippen LogP contribution in [0.15, 0.2) is 41.8 Å². The summed E-state index contributed by atoms with van der Waals surface area (Å²) in [4.78, 5) is 28.2. The van der Waals surface area contributed by atoms with Crippen molar-refractivity contribution in [3.05, 3.63) is 57.8 Å². The quantitative estimate of drug-likeness (QED) is 0.664. The Morgan fingerprint density at radius 3 is 2.27 bits per heavy atom. The summed E-state index contributed by atoms with van der Waals surface area (Å²) in [5.41, 5.74) is 2.38. The van der Waals surface area contributed by atoms with Crippen molar-refractivity contribution in [3.8, 4) is 0 Å². The molecule has 0 saturated carbocycles. The summed E-state index contributed by atoms with van der Waals surface area (Å²) in [5.74, 6) is -0.342. The van der Waals surface area contributed by atoms with Gasteiger partial charge in [-0.1, -0.05) is 57.0 Å². The molecular formula is C24H33N3O2S. The van der Waals surface area contributed by atoms with E-state index in [9.17, 15) is 9.59 Å². The van der Waals surface area contributed by atoms with E-state index in [1.54, 1.807) is 6.07 Å². The van der Waals surface area contributed by atoms with Crippen LogP contribution in [0.4, 0.5) is 0 Å². The Hall–Kier alpha value is -2.18. The summed E-state index contributed by atoms with van der Waals surface area (Å²) in [7, 11) is 0. The van der Waals surface area contributed by atoms with Crippen molar-refractivity contribution in [3.63, 3.8) is 0 Å². The van der Waals surface area contributed by atoms with Gasteiger partial charge in [-0.15, -0.1) is 11.3 Å². The van der Waals surface area contributed by atoms with Crippen LogP contribution in [0.2, 0.25) is 0 Å². The highest BCUT2D eigenvalue weighted by molar-refractivity contribution is 7.12. The van der Waals surface area contributed by atoms with E-state index in [1.807, 2.05) is 25.3 Å². The standard InChI is InChI=1S/C24H33N3O2S/c1-18(2)22(26-23(28)21-8-7-15-30-21)24(29)25-16-19-9-11-20(12-10-19)17-27-13-5-3-4-6-14-27/h7-12,15,18,22H,3-6,13-14,16-17H2,1-2H3,(H,25,29)(H,26,28). The summed E-state index contributed by atoms with van der Waals surface area (Å²) < 4.78 is 0. The summed E-state index contributed by atoms with van der Waals surface area (Å²) in [6.45, 7) is 7.71. The van der Waals surface area contributed by atoms with Crippen molar-refractivity contribution in [2.75, 3.05) is 13.1 Å². The third kappa shape index (κ3) is 6.67. The lowest BCUT2D eigenvalue weighted by Crippen LogP contribution is -2.49. The maximum absolute atomic E-state index is 12.7. The number of rotatable bonds is 8. The zero-order valence-electron chi connectivity index (χ0n) is 18.0. The molecule has 1 aromatic carbocycles. The lowest BCUT2D eigenvalue weighted by Gasteiger charge is -2.22. The third-order valence-corrected chi connectivity index (χ3v) is 6.44. The molecule has 2 N–H and O–H groups in total. The van der Waals surface area contributed by atoms with Gasteiger partial charge >= 0.3 is 0 Å². The number of likely N-dealkylation sites (tertiary alicyclic amines) is 1. The van der Waals surface area contributed by atoms with E-state index in [0.717, 1.165) is 12.1 Å². The van der Waals surface area contributed by atoms with Gasteiger partial charge in [-0.3, -0.25) is 14.5 Å². The first-order valence-corrected chi connectivity index (χ1v) is 11.8. The van der Waals surface area contributed by atoms with Crippen LogP contribution in [0.5, 0.6) is 0 Å². The van der Waals surface area contributed by atoms with Crippen molar-refractivity contribution in [2.24, 2.45) is 5.92 Å². The van der Waals surface area contributed by atoms with Crippen molar-refractivity contribution >= 4 is 23.2 Å². The van der Waals surface area contributed by atoms with E-state index in [-0.39, 0.29) is 17.7 Å². The van der Waals surface area contributed by atoms with Crippen LogP contribution >= 0.6 is 11.3 Å². The number of carbonyl (C=O) groups excluding carboxylic acids is 2. The molecular weight excluding hydrogens is 394 g/mol. The van der Waals surface area contributed by atoms with Gasteiger partial charge < -0.3 is 10.6 Å². The van der Waals surface area contributed by atoms with Crippen LogP contribution in [0, 0.1) is 5.92 Å². The van der Waals surface area contributed by atoms with Crippen LogP contribution in [0.25, 0.3) is 0 Å². The minimum atomic E-state index is -0.554. The number of nitrogens with one attached hydrogen (secondary N) is 2. The fraction of sp³-hybridized carbons (Fsp3) is 0.500. The Bertz CT molecular complexity index is 794. The molecule has 30 heavy (non-hydrogen) atoms. The zero-order chi connectivity index (χ0) is 21.3. The first-order valence-electron chi connectivity index (χ1n) is 10.9. The number of amides is 2. The number of benzene rings is 1. The van der Waals surface area contributed by atoms with Gasteiger partial charge in [-0.25, -0.2) is 0 Å². The highest BCUT2D eigenvalue weighted by Crippen LogP contribution is 2.14. The van der Waals surface area contributed by atoms with Crippen LogP contribution in [0.1, 0.15) is 60.3 Å². The molecule has 1 aliphatic heterocycles. The molecule has 0 aliphatic carbocycles. The fourth-order valence-corrected chi connectivity index (χ4v) is 4.40. The second-order valence-electron chi connectivity index (χ2n) is 8.40. The molecule has 2 aromatic rings. The highest BCUT2D eigenvalue weighted by atomic mass is 32.1. The number of hydrogen-bond donors (Lipinski definition) is 2. The maximum Gasteiger partial charge on any atom is 0.262 e. The van der Waals surface area contributed by atoms with Gasteiger partial charge in [0.25, 0.3) is 5.91 Å². The number of thiophene rings is 1. The zero-order valence-corrected chi connectivity index (χ0v) is 18.8. The average molecular weight is 428 g/mol. The molecule has 3 rings (SSSR count).